The molecular formula is C17H14N2O2. The first-order valence-corrected chi connectivity index (χ1v) is 6.55. The summed E-state index contributed by atoms with van der Waals surface area (Å²) < 4.78 is 11.0. The molecule has 0 atom stereocenters. The van der Waals surface area contributed by atoms with Crippen molar-refractivity contribution in [1.29, 1.82) is 0 Å². The summed E-state index contributed by atoms with van der Waals surface area (Å²) in [4.78, 5) is 8.65. The van der Waals surface area contributed by atoms with Crippen LogP contribution in [0.3, 0.4) is 0 Å². The minimum Gasteiger partial charge on any atom is -0.493 e. The van der Waals surface area contributed by atoms with Gasteiger partial charge in [-0.2, -0.15) is 0 Å². The molecule has 0 unspecified atom stereocenters. The molecule has 104 valence electrons. The van der Waals surface area contributed by atoms with E-state index >= 15 is 0 Å². The molecule has 0 spiro atoms. The first-order valence-electron chi connectivity index (χ1n) is 6.55. The van der Waals surface area contributed by atoms with Crippen molar-refractivity contribution < 1.29 is 9.47 Å². The van der Waals surface area contributed by atoms with Crippen LogP contribution in [-0.4, -0.2) is 17.1 Å². The summed E-state index contributed by atoms with van der Waals surface area (Å²) in [7, 11) is 1.61. The monoisotopic (exact) mass is 278 g/mol. The Bertz CT molecular complexity index is 712. The van der Waals surface area contributed by atoms with E-state index in [1.54, 1.807) is 19.5 Å². The van der Waals surface area contributed by atoms with Crippen LogP contribution < -0.4 is 9.47 Å². The number of ether oxygens (including phenoxy) is 2. The van der Waals surface area contributed by atoms with Crippen molar-refractivity contribution in [1.82, 2.24) is 9.97 Å². The van der Waals surface area contributed by atoms with Crippen LogP contribution in [0.2, 0.25) is 0 Å². The molecule has 1 aromatic heterocycles. The number of hydrogen-bond donors (Lipinski definition) is 0. The molecule has 1 heterocycles. The highest BCUT2D eigenvalue weighted by Crippen LogP contribution is 2.30. The normalized spacial score (nSPS) is 10.1. The molecule has 3 rings (SSSR count). The quantitative estimate of drug-likeness (QED) is 0.725. The van der Waals surface area contributed by atoms with Gasteiger partial charge in [0.1, 0.15) is 0 Å². The Balaban J connectivity index is 1.82. The van der Waals surface area contributed by atoms with Crippen molar-refractivity contribution in [2.45, 2.75) is 0 Å². The van der Waals surface area contributed by atoms with Gasteiger partial charge in [0.05, 0.1) is 19.5 Å². The van der Waals surface area contributed by atoms with Gasteiger partial charge in [0, 0.05) is 5.56 Å². The Morgan fingerprint density at radius 1 is 0.762 bits per heavy atom. The molecule has 0 fully saturated rings. The van der Waals surface area contributed by atoms with Crippen molar-refractivity contribution in [3.05, 3.63) is 67.0 Å². The predicted molar refractivity (Wildman–Crippen MR) is 80.5 cm³/mol. The lowest BCUT2D eigenvalue weighted by Gasteiger charge is -2.09. The molecule has 4 heteroatoms. The highest BCUT2D eigenvalue weighted by Gasteiger charge is 2.06. The van der Waals surface area contributed by atoms with Gasteiger partial charge in [-0.1, -0.05) is 42.5 Å². The largest absolute Gasteiger partial charge is 0.493 e. The predicted octanol–water partition coefficient (Wildman–Crippen LogP) is 3.94. The van der Waals surface area contributed by atoms with E-state index in [2.05, 4.69) is 9.97 Å². The smallest absolute Gasteiger partial charge is 0.169 e. The van der Waals surface area contributed by atoms with E-state index in [1.165, 1.54) is 0 Å². The fraction of sp³-hybridized carbons (Fsp3) is 0.0588. The number of methoxy groups -OCH3 is 1. The second-order valence-electron chi connectivity index (χ2n) is 4.36. The zero-order valence-electron chi connectivity index (χ0n) is 11.6. The maximum absolute atomic E-state index is 5.74. The minimum absolute atomic E-state index is 0.569. The zero-order chi connectivity index (χ0) is 14.5. The lowest BCUT2D eigenvalue weighted by atomic mass is 10.2. The molecular weight excluding hydrogens is 264 g/mol. The topological polar surface area (TPSA) is 44.2 Å². The Labute approximate surface area is 123 Å². The van der Waals surface area contributed by atoms with E-state index in [0.717, 1.165) is 5.56 Å². The summed E-state index contributed by atoms with van der Waals surface area (Å²) in [5.41, 5.74) is 0.973. The van der Waals surface area contributed by atoms with Crippen LogP contribution in [0.1, 0.15) is 0 Å². The van der Waals surface area contributed by atoms with Crippen LogP contribution in [0.4, 0.5) is 0 Å². The number of hydrogen-bond acceptors (Lipinski definition) is 4. The molecule has 0 aliphatic carbocycles. The standard InChI is InChI=1S/C17H14N2O2/c1-20-15-9-5-6-10-16(15)21-14-11-18-17(19-12-14)13-7-3-2-4-8-13/h2-12H,1H3. The van der Waals surface area contributed by atoms with E-state index in [0.29, 0.717) is 23.1 Å². The third kappa shape index (κ3) is 3.00. The molecule has 21 heavy (non-hydrogen) atoms. The molecule has 2 aromatic carbocycles. The molecule has 0 aliphatic heterocycles. The molecule has 0 amide bonds. The number of nitrogens with zero attached hydrogens (tertiary/aromatic N) is 2. The molecule has 0 radical (unpaired) electrons. The summed E-state index contributed by atoms with van der Waals surface area (Å²) >= 11 is 0. The van der Waals surface area contributed by atoms with Crippen LogP contribution in [0.15, 0.2) is 67.0 Å². The summed E-state index contributed by atoms with van der Waals surface area (Å²) in [6, 6.07) is 17.3. The SMILES string of the molecule is COc1ccccc1Oc1cnc(-c2ccccc2)nc1. The van der Waals surface area contributed by atoms with Crippen molar-refractivity contribution in [2.75, 3.05) is 7.11 Å². The van der Waals surface area contributed by atoms with Crippen LogP contribution in [0.5, 0.6) is 17.2 Å². The van der Waals surface area contributed by atoms with Gasteiger partial charge >= 0.3 is 0 Å². The van der Waals surface area contributed by atoms with Crippen LogP contribution in [0, 0.1) is 0 Å². The van der Waals surface area contributed by atoms with Gasteiger partial charge in [0.25, 0.3) is 0 Å². The second-order valence-corrected chi connectivity index (χ2v) is 4.36. The van der Waals surface area contributed by atoms with Crippen LogP contribution in [-0.2, 0) is 0 Å². The average Bonchev–Trinajstić information content (AvgIpc) is 2.57. The van der Waals surface area contributed by atoms with Crippen molar-refractivity contribution in [3.8, 4) is 28.6 Å². The Morgan fingerprint density at radius 2 is 1.38 bits per heavy atom. The zero-order valence-corrected chi connectivity index (χ0v) is 11.6. The summed E-state index contributed by atoms with van der Waals surface area (Å²) in [6.07, 6.45) is 3.31. The molecule has 0 N–H and O–H groups in total. The number of para-hydroxylation sites is 2. The van der Waals surface area contributed by atoms with Gasteiger partial charge in [-0.3, -0.25) is 0 Å². The highest BCUT2D eigenvalue weighted by atomic mass is 16.5. The van der Waals surface area contributed by atoms with Crippen LogP contribution in [0.25, 0.3) is 11.4 Å². The molecule has 4 nitrogen and oxygen atoms in total. The first-order chi connectivity index (χ1) is 10.4. The van der Waals surface area contributed by atoms with Gasteiger partial charge in [-0.15, -0.1) is 0 Å². The molecule has 0 saturated carbocycles. The van der Waals surface area contributed by atoms with E-state index in [9.17, 15) is 0 Å². The minimum atomic E-state index is 0.569. The van der Waals surface area contributed by atoms with Crippen molar-refractivity contribution in [3.63, 3.8) is 0 Å². The summed E-state index contributed by atoms with van der Waals surface area (Å²) in [5.74, 6) is 2.54. The fourth-order valence-corrected chi connectivity index (χ4v) is 1.94. The number of benzene rings is 2. The highest BCUT2D eigenvalue weighted by molar-refractivity contribution is 5.54. The summed E-state index contributed by atoms with van der Waals surface area (Å²) in [5, 5.41) is 0. The molecule has 3 aromatic rings. The number of aromatic nitrogens is 2. The van der Waals surface area contributed by atoms with E-state index < -0.39 is 0 Å². The fourth-order valence-electron chi connectivity index (χ4n) is 1.94. The molecule has 0 bridgehead atoms. The van der Waals surface area contributed by atoms with E-state index in [1.807, 2.05) is 54.6 Å². The third-order valence-corrected chi connectivity index (χ3v) is 2.96. The van der Waals surface area contributed by atoms with Gasteiger partial charge in [-0.05, 0) is 12.1 Å². The number of rotatable bonds is 4. The van der Waals surface area contributed by atoms with E-state index in [-0.39, 0.29) is 0 Å². The van der Waals surface area contributed by atoms with Gasteiger partial charge < -0.3 is 9.47 Å². The molecule has 0 aliphatic rings. The Morgan fingerprint density at radius 3 is 2.05 bits per heavy atom. The van der Waals surface area contributed by atoms with E-state index in [4.69, 9.17) is 9.47 Å². The summed E-state index contributed by atoms with van der Waals surface area (Å²) in [6.45, 7) is 0. The third-order valence-electron chi connectivity index (χ3n) is 2.96. The first kappa shape index (κ1) is 13.1. The maximum atomic E-state index is 5.74. The van der Waals surface area contributed by atoms with Crippen molar-refractivity contribution >= 4 is 0 Å². The molecule has 0 saturated heterocycles. The van der Waals surface area contributed by atoms with Gasteiger partial charge in [0.15, 0.2) is 23.1 Å². The Hall–Kier alpha value is -2.88. The average molecular weight is 278 g/mol. The lowest BCUT2D eigenvalue weighted by molar-refractivity contribution is 0.378. The van der Waals surface area contributed by atoms with Gasteiger partial charge in [0.2, 0.25) is 0 Å². The van der Waals surface area contributed by atoms with Crippen LogP contribution >= 0.6 is 0 Å². The lowest BCUT2D eigenvalue weighted by Crippen LogP contribution is -1.93. The van der Waals surface area contributed by atoms with Crippen molar-refractivity contribution in [2.24, 2.45) is 0 Å². The Kier molecular flexibility index (Phi) is 3.78. The second kappa shape index (κ2) is 6.05. The maximum Gasteiger partial charge on any atom is 0.169 e. The van der Waals surface area contributed by atoms with Gasteiger partial charge in [-0.25, -0.2) is 9.97 Å².